The van der Waals surface area contributed by atoms with Gasteiger partial charge in [-0.25, -0.2) is 0 Å². The van der Waals surface area contributed by atoms with E-state index in [2.05, 4.69) is 31.2 Å². The zero-order chi connectivity index (χ0) is 15.8. The third kappa shape index (κ3) is 9.15. The molecule has 0 radical (unpaired) electrons. The number of aliphatic hydroxyl groups excluding tert-OH is 1. The molecule has 120 valence electrons. The van der Waals surface area contributed by atoms with Crippen molar-refractivity contribution in [2.45, 2.75) is 66.4 Å². The van der Waals surface area contributed by atoms with Gasteiger partial charge in [0.25, 0.3) is 0 Å². The zero-order valence-corrected chi connectivity index (χ0v) is 13.7. The summed E-state index contributed by atoms with van der Waals surface area (Å²) in [6.45, 7) is 11.9. The Morgan fingerprint density at radius 2 is 1.80 bits per heavy atom. The van der Waals surface area contributed by atoms with E-state index in [4.69, 9.17) is 10.9 Å². The van der Waals surface area contributed by atoms with E-state index in [1.807, 2.05) is 13.8 Å². The molecule has 0 aliphatic carbocycles. The second kappa shape index (κ2) is 8.47. The number of unbranched alkanes of at least 4 members (excludes halogenated alkanes) is 1. The van der Waals surface area contributed by atoms with Crippen molar-refractivity contribution in [3.8, 4) is 0 Å². The molecular weight excluding hydrogens is 254 g/mol. The SMILES string of the molecule is CC(C)(C)CC(O)CNCCCCC(C)(C)C(N)=NO. The normalized spacial score (nSPS) is 15.4. The van der Waals surface area contributed by atoms with Crippen LogP contribution >= 0.6 is 0 Å². The first kappa shape index (κ1) is 19.2. The predicted molar refractivity (Wildman–Crippen MR) is 84.0 cm³/mol. The quantitative estimate of drug-likeness (QED) is 0.172. The molecule has 0 aliphatic heterocycles. The maximum absolute atomic E-state index is 9.85. The maximum Gasteiger partial charge on any atom is 0.144 e. The van der Waals surface area contributed by atoms with Gasteiger partial charge in [0.15, 0.2) is 0 Å². The van der Waals surface area contributed by atoms with Crippen molar-refractivity contribution in [3.63, 3.8) is 0 Å². The summed E-state index contributed by atoms with van der Waals surface area (Å²) in [7, 11) is 0. The first-order valence-electron chi connectivity index (χ1n) is 7.45. The van der Waals surface area contributed by atoms with Crippen LogP contribution in [0.25, 0.3) is 0 Å². The highest BCUT2D eigenvalue weighted by Gasteiger charge is 2.22. The minimum Gasteiger partial charge on any atom is -0.409 e. The molecule has 5 N–H and O–H groups in total. The van der Waals surface area contributed by atoms with E-state index >= 15 is 0 Å². The summed E-state index contributed by atoms with van der Waals surface area (Å²) in [6.07, 6.45) is 3.42. The van der Waals surface area contributed by atoms with Gasteiger partial charge in [0.05, 0.1) is 6.10 Å². The van der Waals surface area contributed by atoms with Gasteiger partial charge in [0, 0.05) is 12.0 Å². The lowest BCUT2D eigenvalue weighted by atomic mass is 9.86. The van der Waals surface area contributed by atoms with Crippen molar-refractivity contribution in [3.05, 3.63) is 0 Å². The van der Waals surface area contributed by atoms with Gasteiger partial charge >= 0.3 is 0 Å². The molecule has 0 rings (SSSR count). The molecule has 0 aromatic heterocycles. The summed E-state index contributed by atoms with van der Waals surface area (Å²) in [5.41, 5.74) is 5.54. The Morgan fingerprint density at radius 1 is 1.20 bits per heavy atom. The molecule has 0 aliphatic rings. The number of nitrogens with two attached hydrogens (primary N) is 1. The van der Waals surface area contributed by atoms with Gasteiger partial charge in [-0.05, 0) is 31.2 Å². The molecule has 0 bridgehead atoms. The van der Waals surface area contributed by atoms with Gasteiger partial charge in [0.2, 0.25) is 0 Å². The zero-order valence-electron chi connectivity index (χ0n) is 13.7. The highest BCUT2D eigenvalue weighted by molar-refractivity contribution is 5.85. The minimum atomic E-state index is -0.288. The topological polar surface area (TPSA) is 90.9 Å². The van der Waals surface area contributed by atoms with Gasteiger partial charge in [-0.1, -0.05) is 46.2 Å². The Bertz CT molecular complexity index is 296. The van der Waals surface area contributed by atoms with Crippen LogP contribution in [0.3, 0.4) is 0 Å². The van der Waals surface area contributed by atoms with Crippen molar-refractivity contribution in [1.29, 1.82) is 0 Å². The summed E-state index contributed by atoms with van der Waals surface area (Å²) in [4.78, 5) is 0. The molecule has 0 amide bonds. The highest BCUT2D eigenvalue weighted by atomic mass is 16.4. The fourth-order valence-electron chi connectivity index (χ4n) is 2.13. The van der Waals surface area contributed by atoms with Crippen molar-refractivity contribution in [1.82, 2.24) is 5.32 Å². The van der Waals surface area contributed by atoms with Crippen LogP contribution in [0.4, 0.5) is 0 Å². The number of rotatable bonds is 9. The summed E-state index contributed by atoms with van der Waals surface area (Å²) in [6, 6.07) is 0. The van der Waals surface area contributed by atoms with E-state index in [1.165, 1.54) is 0 Å². The number of amidine groups is 1. The first-order valence-corrected chi connectivity index (χ1v) is 7.45. The van der Waals surface area contributed by atoms with Crippen LogP contribution in [0.5, 0.6) is 0 Å². The summed E-state index contributed by atoms with van der Waals surface area (Å²) < 4.78 is 0. The van der Waals surface area contributed by atoms with Crippen LogP contribution in [-0.4, -0.2) is 35.3 Å². The van der Waals surface area contributed by atoms with E-state index in [0.717, 1.165) is 32.2 Å². The summed E-state index contributed by atoms with van der Waals surface area (Å²) >= 11 is 0. The molecule has 0 aromatic rings. The van der Waals surface area contributed by atoms with E-state index in [0.29, 0.717) is 6.54 Å². The Kier molecular flexibility index (Phi) is 8.13. The Morgan fingerprint density at radius 3 is 2.30 bits per heavy atom. The molecule has 0 aromatic carbocycles. The smallest absolute Gasteiger partial charge is 0.144 e. The van der Waals surface area contributed by atoms with Crippen LogP contribution in [0.2, 0.25) is 0 Å². The predicted octanol–water partition coefficient (Wildman–Crippen LogP) is 2.32. The van der Waals surface area contributed by atoms with Gasteiger partial charge in [-0.3, -0.25) is 0 Å². The third-order valence-corrected chi connectivity index (χ3v) is 3.43. The maximum atomic E-state index is 9.85. The molecule has 5 heteroatoms. The fourth-order valence-corrected chi connectivity index (χ4v) is 2.13. The molecule has 5 nitrogen and oxygen atoms in total. The fraction of sp³-hybridized carbons (Fsp3) is 0.933. The second-order valence-electron chi connectivity index (χ2n) is 7.45. The average molecular weight is 287 g/mol. The van der Waals surface area contributed by atoms with Crippen molar-refractivity contribution < 1.29 is 10.3 Å². The van der Waals surface area contributed by atoms with Crippen LogP contribution in [-0.2, 0) is 0 Å². The number of nitrogens with zero attached hydrogens (tertiary/aromatic N) is 1. The molecule has 20 heavy (non-hydrogen) atoms. The summed E-state index contributed by atoms with van der Waals surface area (Å²) in [5, 5.41) is 24.9. The van der Waals surface area contributed by atoms with E-state index < -0.39 is 0 Å². The highest BCUT2D eigenvalue weighted by Crippen LogP contribution is 2.23. The Hall–Kier alpha value is -0.810. The number of hydrogen-bond acceptors (Lipinski definition) is 4. The van der Waals surface area contributed by atoms with Gasteiger partial charge < -0.3 is 21.4 Å². The molecule has 1 unspecified atom stereocenters. The standard InChI is InChI=1S/C15H33N3O2/c1-14(2,3)10-12(19)11-17-9-7-6-8-15(4,5)13(16)18-20/h12,17,19-20H,6-11H2,1-5H3,(H2,16,18). The monoisotopic (exact) mass is 287 g/mol. The summed E-state index contributed by atoms with van der Waals surface area (Å²) in [5.74, 6) is 0.283. The molecule has 0 spiro atoms. The molecule has 0 saturated carbocycles. The van der Waals surface area contributed by atoms with E-state index in [1.54, 1.807) is 0 Å². The lowest BCUT2D eigenvalue weighted by Crippen LogP contribution is -2.32. The van der Waals surface area contributed by atoms with Crippen LogP contribution in [0, 0.1) is 10.8 Å². The van der Waals surface area contributed by atoms with Crippen LogP contribution in [0.15, 0.2) is 5.16 Å². The van der Waals surface area contributed by atoms with Gasteiger partial charge in [0.1, 0.15) is 5.84 Å². The van der Waals surface area contributed by atoms with E-state index in [9.17, 15) is 5.11 Å². The van der Waals surface area contributed by atoms with Gasteiger partial charge in [-0.2, -0.15) is 0 Å². The van der Waals surface area contributed by atoms with E-state index in [-0.39, 0.29) is 22.8 Å². The van der Waals surface area contributed by atoms with Gasteiger partial charge in [-0.15, -0.1) is 0 Å². The molecule has 1 atom stereocenters. The van der Waals surface area contributed by atoms with Crippen molar-refractivity contribution in [2.24, 2.45) is 21.7 Å². The number of aliphatic hydroxyl groups is 1. The van der Waals surface area contributed by atoms with Crippen molar-refractivity contribution in [2.75, 3.05) is 13.1 Å². The van der Waals surface area contributed by atoms with Crippen LogP contribution < -0.4 is 11.1 Å². The molecule has 0 saturated heterocycles. The number of hydrogen-bond donors (Lipinski definition) is 4. The minimum absolute atomic E-state index is 0.159. The number of oxime groups is 1. The largest absolute Gasteiger partial charge is 0.409 e. The third-order valence-electron chi connectivity index (χ3n) is 3.43. The molecule has 0 heterocycles. The Balaban J connectivity index is 3.69. The molecule has 0 fully saturated rings. The average Bonchev–Trinajstić information content (AvgIpc) is 2.30. The number of nitrogens with one attached hydrogen (secondary N) is 1. The molecular formula is C15H33N3O2. The lowest BCUT2D eigenvalue weighted by molar-refractivity contribution is 0.119. The van der Waals surface area contributed by atoms with Crippen molar-refractivity contribution >= 4 is 5.84 Å². The lowest BCUT2D eigenvalue weighted by Gasteiger charge is -2.23. The van der Waals surface area contributed by atoms with Crippen LogP contribution in [0.1, 0.15) is 60.3 Å². The first-order chi connectivity index (χ1) is 9.08. The second-order valence-corrected chi connectivity index (χ2v) is 7.45. The Labute approximate surface area is 123 Å².